The van der Waals surface area contributed by atoms with Gasteiger partial charge in [0.2, 0.25) is 0 Å². The zero-order valence-corrected chi connectivity index (χ0v) is 9.80. The van der Waals surface area contributed by atoms with Crippen molar-refractivity contribution in [1.29, 1.82) is 0 Å². The van der Waals surface area contributed by atoms with Gasteiger partial charge in [-0.3, -0.25) is 0 Å². The van der Waals surface area contributed by atoms with Crippen molar-refractivity contribution in [3.8, 4) is 0 Å². The second kappa shape index (κ2) is 5.13. The van der Waals surface area contributed by atoms with Gasteiger partial charge in [-0.15, -0.1) is 0 Å². The lowest BCUT2D eigenvalue weighted by Gasteiger charge is -2.28. The van der Waals surface area contributed by atoms with Crippen LogP contribution in [0.15, 0.2) is 18.2 Å². The number of rotatable bonds is 2. The highest BCUT2D eigenvalue weighted by atomic mass is 35.5. The molecule has 1 heterocycles. The molecule has 1 aliphatic rings. The van der Waals surface area contributed by atoms with Gasteiger partial charge < -0.3 is 11.1 Å². The van der Waals surface area contributed by atoms with Crippen LogP contribution < -0.4 is 11.1 Å². The minimum absolute atomic E-state index is 0.0415. The molecule has 0 aromatic heterocycles. The van der Waals surface area contributed by atoms with E-state index in [4.69, 9.17) is 17.3 Å². The molecule has 0 aliphatic carbocycles. The number of nitrogens with two attached hydrogens (primary N) is 1. The molecule has 1 aromatic rings. The number of hydrogen-bond donors (Lipinski definition) is 2. The number of piperidine rings is 1. The van der Waals surface area contributed by atoms with Crippen LogP contribution >= 0.6 is 11.6 Å². The first-order valence-electron chi connectivity index (χ1n) is 5.59. The van der Waals surface area contributed by atoms with Crippen molar-refractivity contribution < 1.29 is 4.39 Å². The number of nitrogens with one attached hydrogen (secondary N) is 1. The van der Waals surface area contributed by atoms with Gasteiger partial charge >= 0.3 is 0 Å². The van der Waals surface area contributed by atoms with Crippen LogP contribution in [-0.2, 0) is 0 Å². The summed E-state index contributed by atoms with van der Waals surface area (Å²) >= 11 is 5.75. The zero-order chi connectivity index (χ0) is 11.5. The molecule has 1 atom stereocenters. The number of hydrogen-bond acceptors (Lipinski definition) is 2. The van der Waals surface area contributed by atoms with Crippen LogP contribution in [0.1, 0.15) is 24.4 Å². The Morgan fingerprint density at radius 3 is 2.69 bits per heavy atom. The summed E-state index contributed by atoms with van der Waals surface area (Å²) in [5.74, 6) is 0.0747. The average Bonchev–Trinajstić information content (AvgIpc) is 2.33. The summed E-state index contributed by atoms with van der Waals surface area (Å²) in [5, 5.41) is 3.45. The van der Waals surface area contributed by atoms with Gasteiger partial charge in [0.1, 0.15) is 5.82 Å². The van der Waals surface area contributed by atoms with Crippen molar-refractivity contribution in [2.75, 3.05) is 13.1 Å². The quantitative estimate of drug-likeness (QED) is 0.836. The molecule has 0 unspecified atom stereocenters. The van der Waals surface area contributed by atoms with E-state index in [0.29, 0.717) is 5.92 Å². The van der Waals surface area contributed by atoms with E-state index < -0.39 is 0 Å². The highest BCUT2D eigenvalue weighted by Crippen LogP contribution is 2.28. The van der Waals surface area contributed by atoms with E-state index in [1.807, 2.05) is 0 Å². The Kier molecular flexibility index (Phi) is 3.79. The Bertz CT molecular complexity index is 364. The molecule has 1 aromatic carbocycles. The summed E-state index contributed by atoms with van der Waals surface area (Å²) in [7, 11) is 0. The minimum Gasteiger partial charge on any atom is -0.324 e. The molecule has 88 valence electrons. The van der Waals surface area contributed by atoms with E-state index in [-0.39, 0.29) is 16.9 Å². The first-order valence-corrected chi connectivity index (χ1v) is 5.97. The molecule has 0 bridgehead atoms. The third-order valence-corrected chi connectivity index (χ3v) is 3.51. The summed E-state index contributed by atoms with van der Waals surface area (Å²) in [4.78, 5) is 0. The predicted molar refractivity (Wildman–Crippen MR) is 63.9 cm³/mol. The van der Waals surface area contributed by atoms with E-state index in [1.54, 1.807) is 12.1 Å². The second-order valence-electron chi connectivity index (χ2n) is 4.29. The SMILES string of the molecule is N[C@@H](c1ccc(F)c(Cl)c1)C1CCNCC1. The fourth-order valence-electron chi connectivity index (χ4n) is 2.20. The lowest BCUT2D eigenvalue weighted by molar-refractivity contribution is 0.322. The van der Waals surface area contributed by atoms with Crippen LogP contribution in [0.25, 0.3) is 0 Å². The van der Waals surface area contributed by atoms with E-state index in [9.17, 15) is 4.39 Å². The summed E-state index contributed by atoms with van der Waals surface area (Å²) in [5.41, 5.74) is 7.11. The Morgan fingerprint density at radius 2 is 2.06 bits per heavy atom. The summed E-state index contributed by atoms with van der Waals surface area (Å²) in [6.07, 6.45) is 2.13. The highest BCUT2D eigenvalue weighted by Gasteiger charge is 2.22. The third-order valence-electron chi connectivity index (χ3n) is 3.22. The van der Waals surface area contributed by atoms with Crippen LogP contribution in [0.3, 0.4) is 0 Å². The Hall–Kier alpha value is -0.640. The highest BCUT2D eigenvalue weighted by molar-refractivity contribution is 6.30. The fraction of sp³-hybridized carbons (Fsp3) is 0.500. The summed E-state index contributed by atoms with van der Waals surface area (Å²) in [6.45, 7) is 2.01. The number of benzene rings is 1. The molecular formula is C12H16ClFN2. The second-order valence-corrected chi connectivity index (χ2v) is 4.69. The molecule has 16 heavy (non-hydrogen) atoms. The third kappa shape index (κ3) is 2.54. The molecular weight excluding hydrogens is 227 g/mol. The molecule has 0 radical (unpaired) electrons. The van der Waals surface area contributed by atoms with Crippen LogP contribution in [0.5, 0.6) is 0 Å². The molecule has 0 spiro atoms. The molecule has 0 saturated carbocycles. The molecule has 1 fully saturated rings. The van der Waals surface area contributed by atoms with Gasteiger partial charge in [-0.2, -0.15) is 0 Å². The van der Waals surface area contributed by atoms with E-state index >= 15 is 0 Å². The first kappa shape index (κ1) is 11.8. The summed E-state index contributed by atoms with van der Waals surface area (Å²) < 4.78 is 13.0. The van der Waals surface area contributed by atoms with Gasteiger partial charge in [-0.05, 0) is 49.5 Å². The van der Waals surface area contributed by atoms with Crippen LogP contribution in [0.4, 0.5) is 4.39 Å². The molecule has 4 heteroatoms. The predicted octanol–water partition coefficient (Wildman–Crippen LogP) is 2.48. The van der Waals surface area contributed by atoms with Gasteiger partial charge in [0.25, 0.3) is 0 Å². The van der Waals surface area contributed by atoms with Crippen molar-refractivity contribution in [2.45, 2.75) is 18.9 Å². The molecule has 1 saturated heterocycles. The van der Waals surface area contributed by atoms with Gasteiger partial charge in [0.05, 0.1) is 5.02 Å². The van der Waals surface area contributed by atoms with Crippen molar-refractivity contribution in [3.05, 3.63) is 34.6 Å². The molecule has 2 rings (SSSR count). The maximum absolute atomic E-state index is 13.0. The minimum atomic E-state index is -0.386. The first-order chi connectivity index (χ1) is 7.68. The van der Waals surface area contributed by atoms with Crippen molar-refractivity contribution in [1.82, 2.24) is 5.32 Å². The number of halogens is 2. The topological polar surface area (TPSA) is 38.0 Å². The van der Waals surface area contributed by atoms with Crippen molar-refractivity contribution in [2.24, 2.45) is 11.7 Å². The van der Waals surface area contributed by atoms with E-state index in [2.05, 4.69) is 5.32 Å². The monoisotopic (exact) mass is 242 g/mol. The van der Waals surface area contributed by atoms with E-state index in [1.165, 1.54) is 6.07 Å². The lowest BCUT2D eigenvalue weighted by Crippen LogP contribution is -2.33. The largest absolute Gasteiger partial charge is 0.324 e. The fourth-order valence-corrected chi connectivity index (χ4v) is 2.38. The van der Waals surface area contributed by atoms with Crippen LogP contribution in [0.2, 0.25) is 5.02 Å². The van der Waals surface area contributed by atoms with Crippen molar-refractivity contribution in [3.63, 3.8) is 0 Å². The maximum atomic E-state index is 13.0. The van der Waals surface area contributed by atoms with Gasteiger partial charge in [0, 0.05) is 6.04 Å². The zero-order valence-electron chi connectivity index (χ0n) is 9.05. The normalized spacial score (nSPS) is 19.7. The Labute approximate surface area is 100.0 Å². The molecule has 1 aliphatic heterocycles. The van der Waals surface area contributed by atoms with Crippen molar-refractivity contribution >= 4 is 11.6 Å². The summed E-state index contributed by atoms with van der Waals surface area (Å²) in [6, 6.07) is 4.72. The van der Waals surface area contributed by atoms with Crippen LogP contribution in [0, 0.1) is 11.7 Å². The standard InChI is InChI=1S/C12H16ClFN2/c13-10-7-9(1-2-11(10)14)12(15)8-3-5-16-6-4-8/h1-2,7-8,12,16H,3-6,15H2/t12-/m1/s1. The van der Waals surface area contributed by atoms with Gasteiger partial charge in [-0.1, -0.05) is 17.7 Å². The average molecular weight is 243 g/mol. The molecule has 0 amide bonds. The lowest BCUT2D eigenvalue weighted by atomic mass is 9.86. The Morgan fingerprint density at radius 1 is 1.38 bits per heavy atom. The molecule has 3 N–H and O–H groups in total. The van der Waals surface area contributed by atoms with Gasteiger partial charge in [0.15, 0.2) is 0 Å². The van der Waals surface area contributed by atoms with E-state index in [0.717, 1.165) is 31.5 Å². The Balaban J connectivity index is 2.12. The van der Waals surface area contributed by atoms with Gasteiger partial charge in [-0.25, -0.2) is 4.39 Å². The smallest absolute Gasteiger partial charge is 0.141 e. The maximum Gasteiger partial charge on any atom is 0.141 e. The van der Waals surface area contributed by atoms with Crippen LogP contribution in [-0.4, -0.2) is 13.1 Å². The molecule has 2 nitrogen and oxygen atoms in total.